The first-order chi connectivity index (χ1) is 8.00. The van der Waals surface area contributed by atoms with Crippen LogP contribution >= 0.6 is 0 Å². The Balaban J connectivity index is 2.23. The maximum Gasteiger partial charge on any atom is 0.293 e. The van der Waals surface area contributed by atoms with Gasteiger partial charge in [0.15, 0.2) is 5.82 Å². The van der Waals surface area contributed by atoms with Gasteiger partial charge < -0.3 is 9.88 Å². The van der Waals surface area contributed by atoms with Gasteiger partial charge in [-0.05, 0) is 0 Å². The molecule has 1 N–H and O–H groups in total. The Kier molecular flexibility index (Phi) is 2.66. The van der Waals surface area contributed by atoms with Gasteiger partial charge in [0.2, 0.25) is 5.91 Å². The molecule has 0 aromatic carbocycles. The number of hydrogen-bond donors (Lipinski definition) is 1. The van der Waals surface area contributed by atoms with Crippen LogP contribution in [0.5, 0.6) is 0 Å². The summed E-state index contributed by atoms with van der Waals surface area (Å²) in [4.78, 5) is 39.5. The minimum absolute atomic E-state index is 0.0507. The molecule has 90 valence electrons. The minimum Gasteiger partial charge on any atom is -0.353 e. The highest BCUT2D eigenvalue weighted by Gasteiger charge is 2.36. The van der Waals surface area contributed by atoms with Gasteiger partial charge in [-0.1, -0.05) is 0 Å². The van der Waals surface area contributed by atoms with E-state index in [1.54, 1.807) is 7.05 Å². The highest BCUT2D eigenvalue weighted by molar-refractivity contribution is 6.06. The van der Waals surface area contributed by atoms with Crippen LogP contribution in [0, 0.1) is 0 Å². The molecule has 1 aromatic heterocycles. The van der Waals surface area contributed by atoms with Crippen molar-refractivity contribution in [3.63, 3.8) is 0 Å². The van der Waals surface area contributed by atoms with E-state index in [4.69, 9.17) is 0 Å². The summed E-state index contributed by atoms with van der Waals surface area (Å²) in [6.45, 7) is 0. The van der Waals surface area contributed by atoms with Gasteiger partial charge in [0.1, 0.15) is 6.04 Å². The fourth-order valence-corrected chi connectivity index (χ4v) is 1.63. The van der Waals surface area contributed by atoms with E-state index >= 15 is 0 Å². The molecule has 0 aliphatic carbocycles. The Bertz CT molecular complexity index is 537. The molecule has 1 saturated heterocycles. The summed E-state index contributed by atoms with van der Waals surface area (Å²) < 4.78 is 1.35. The molecule has 2 rings (SSSR count). The highest BCUT2D eigenvalue weighted by atomic mass is 16.2. The lowest BCUT2D eigenvalue weighted by molar-refractivity contribution is -0.136. The summed E-state index contributed by atoms with van der Waals surface area (Å²) in [5.41, 5.74) is -0.331. The monoisotopic (exact) mass is 236 g/mol. The number of anilines is 1. The first-order valence-electron chi connectivity index (χ1n) is 5.09. The molecule has 1 aromatic rings. The van der Waals surface area contributed by atoms with Crippen LogP contribution in [-0.2, 0) is 16.6 Å². The van der Waals surface area contributed by atoms with Gasteiger partial charge in [0.05, 0.1) is 6.42 Å². The van der Waals surface area contributed by atoms with Crippen LogP contribution in [0.15, 0.2) is 17.2 Å². The van der Waals surface area contributed by atoms with E-state index in [2.05, 4.69) is 10.3 Å². The zero-order valence-corrected chi connectivity index (χ0v) is 9.51. The Labute approximate surface area is 97.1 Å². The third-order valence-electron chi connectivity index (χ3n) is 2.71. The number of carbonyl (C=O) groups is 2. The minimum atomic E-state index is -0.699. The van der Waals surface area contributed by atoms with Gasteiger partial charge in [0, 0.05) is 26.5 Å². The molecule has 0 saturated carbocycles. The van der Waals surface area contributed by atoms with E-state index in [1.165, 1.54) is 24.0 Å². The molecule has 0 bridgehead atoms. The number of nitrogens with one attached hydrogen (secondary N) is 1. The lowest BCUT2D eigenvalue weighted by atomic mass is 10.2. The fraction of sp³-hybridized carbons (Fsp3) is 0.400. The lowest BCUT2D eigenvalue weighted by Crippen LogP contribution is -2.34. The zero-order valence-electron chi connectivity index (χ0n) is 9.51. The second-order valence-electron chi connectivity index (χ2n) is 3.88. The summed E-state index contributed by atoms with van der Waals surface area (Å²) >= 11 is 0. The summed E-state index contributed by atoms with van der Waals surface area (Å²) in [5.74, 6) is -0.528. The Morgan fingerprint density at radius 2 is 2.06 bits per heavy atom. The van der Waals surface area contributed by atoms with E-state index in [-0.39, 0.29) is 29.6 Å². The maximum atomic E-state index is 11.7. The van der Waals surface area contributed by atoms with Crippen LogP contribution in [0.25, 0.3) is 0 Å². The molecule has 7 nitrogen and oxygen atoms in total. The van der Waals surface area contributed by atoms with Crippen molar-refractivity contribution in [3.8, 4) is 0 Å². The Hall–Kier alpha value is -2.18. The van der Waals surface area contributed by atoms with Crippen molar-refractivity contribution in [2.75, 3.05) is 12.4 Å². The van der Waals surface area contributed by atoms with E-state index in [0.717, 1.165) is 4.90 Å². The molecule has 17 heavy (non-hydrogen) atoms. The Morgan fingerprint density at radius 1 is 1.35 bits per heavy atom. The largest absolute Gasteiger partial charge is 0.353 e. The van der Waals surface area contributed by atoms with Crippen molar-refractivity contribution < 1.29 is 9.59 Å². The predicted octanol–water partition coefficient (Wildman–Crippen LogP) is -1.05. The number of imide groups is 1. The number of aromatic nitrogens is 2. The first kappa shape index (κ1) is 11.3. The second-order valence-corrected chi connectivity index (χ2v) is 3.88. The van der Waals surface area contributed by atoms with E-state index < -0.39 is 6.04 Å². The SMILES string of the molecule is CN1C(=O)CC(Nc2nccn(C)c2=O)C1=O. The number of rotatable bonds is 2. The van der Waals surface area contributed by atoms with Crippen molar-refractivity contribution in [3.05, 3.63) is 22.7 Å². The molecule has 1 aliphatic rings. The molecule has 0 spiro atoms. The van der Waals surface area contributed by atoms with Crippen LogP contribution in [0.1, 0.15) is 6.42 Å². The molecular formula is C10H12N4O3. The second kappa shape index (κ2) is 4.00. The summed E-state index contributed by atoms with van der Waals surface area (Å²) in [7, 11) is 3.01. The van der Waals surface area contributed by atoms with Crippen LogP contribution in [0.2, 0.25) is 0 Å². The van der Waals surface area contributed by atoms with Gasteiger partial charge in [0.25, 0.3) is 11.5 Å². The molecule has 0 radical (unpaired) electrons. The lowest BCUT2D eigenvalue weighted by Gasteiger charge is -2.11. The predicted molar refractivity (Wildman–Crippen MR) is 59.3 cm³/mol. The van der Waals surface area contributed by atoms with E-state index in [1.807, 2.05) is 0 Å². The summed E-state index contributed by atoms with van der Waals surface area (Å²) in [6, 6.07) is -0.699. The van der Waals surface area contributed by atoms with E-state index in [0.29, 0.717) is 0 Å². The number of aryl methyl sites for hydroxylation is 1. The van der Waals surface area contributed by atoms with Crippen molar-refractivity contribution in [1.82, 2.24) is 14.5 Å². The topological polar surface area (TPSA) is 84.3 Å². The third kappa shape index (κ3) is 1.91. The van der Waals surface area contributed by atoms with Crippen molar-refractivity contribution >= 4 is 17.6 Å². The number of carbonyl (C=O) groups excluding carboxylic acids is 2. The zero-order chi connectivity index (χ0) is 12.6. The first-order valence-corrected chi connectivity index (χ1v) is 5.09. The maximum absolute atomic E-state index is 11.7. The quantitative estimate of drug-likeness (QED) is 0.662. The van der Waals surface area contributed by atoms with Crippen LogP contribution in [-0.4, -0.2) is 39.4 Å². The normalized spacial score (nSPS) is 19.9. The number of nitrogens with zero attached hydrogens (tertiary/aromatic N) is 3. The fourth-order valence-electron chi connectivity index (χ4n) is 1.63. The smallest absolute Gasteiger partial charge is 0.293 e. The van der Waals surface area contributed by atoms with Gasteiger partial charge in [-0.15, -0.1) is 0 Å². The molecule has 1 fully saturated rings. The van der Waals surface area contributed by atoms with Crippen LogP contribution < -0.4 is 10.9 Å². The van der Waals surface area contributed by atoms with Gasteiger partial charge in [-0.3, -0.25) is 19.3 Å². The molecule has 1 aliphatic heterocycles. The average molecular weight is 236 g/mol. The molecular weight excluding hydrogens is 224 g/mol. The van der Waals surface area contributed by atoms with Crippen LogP contribution in [0.3, 0.4) is 0 Å². The number of likely N-dealkylation sites (N-methyl/N-ethyl adjacent to an activating group) is 1. The molecule has 2 heterocycles. The molecule has 1 atom stereocenters. The molecule has 1 unspecified atom stereocenters. The van der Waals surface area contributed by atoms with Gasteiger partial charge in [-0.25, -0.2) is 4.98 Å². The van der Waals surface area contributed by atoms with Gasteiger partial charge >= 0.3 is 0 Å². The van der Waals surface area contributed by atoms with Crippen molar-refractivity contribution in [1.29, 1.82) is 0 Å². The average Bonchev–Trinajstić information content (AvgIpc) is 2.53. The van der Waals surface area contributed by atoms with E-state index in [9.17, 15) is 14.4 Å². The molecule has 7 heteroatoms. The standard InChI is InChI=1S/C10H12N4O3/c1-13-4-3-11-8(10(13)17)12-6-5-7(15)14(2)9(6)16/h3-4,6H,5H2,1-2H3,(H,11,12). The molecule has 2 amide bonds. The highest BCUT2D eigenvalue weighted by Crippen LogP contribution is 2.13. The third-order valence-corrected chi connectivity index (χ3v) is 2.71. The summed E-state index contributed by atoms with van der Waals surface area (Å²) in [5, 5.41) is 2.70. The van der Waals surface area contributed by atoms with Crippen molar-refractivity contribution in [2.24, 2.45) is 7.05 Å². The number of likely N-dealkylation sites (tertiary alicyclic amines) is 1. The van der Waals surface area contributed by atoms with Crippen molar-refractivity contribution in [2.45, 2.75) is 12.5 Å². The number of amides is 2. The van der Waals surface area contributed by atoms with Crippen LogP contribution in [0.4, 0.5) is 5.82 Å². The number of hydrogen-bond acceptors (Lipinski definition) is 5. The Morgan fingerprint density at radius 3 is 2.65 bits per heavy atom. The summed E-state index contributed by atoms with van der Waals surface area (Å²) in [6.07, 6.45) is 3.02. The van der Waals surface area contributed by atoms with Gasteiger partial charge in [-0.2, -0.15) is 0 Å².